The van der Waals surface area contributed by atoms with Gasteiger partial charge in [0.15, 0.2) is 0 Å². The van der Waals surface area contributed by atoms with E-state index in [1.54, 1.807) is 17.1 Å². The average molecular weight is 217 g/mol. The van der Waals surface area contributed by atoms with Crippen LogP contribution in [0.5, 0.6) is 0 Å². The Kier molecular flexibility index (Phi) is 2.96. The summed E-state index contributed by atoms with van der Waals surface area (Å²) in [6.45, 7) is 1.95. The number of nitrogens with two attached hydrogens (primary N) is 1. The maximum atomic E-state index is 6.01. The predicted molar refractivity (Wildman–Crippen MR) is 60.6 cm³/mol. The van der Waals surface area contributed by atoms with Crippen molar-refractivity contribution in [1.82, 2.24) is 19.7 Å². The van der Waals surface area contributed by atoms with Crippen molar-refractivity contribution in [2.75, 3.05) is 0 Å². The summed E-state index contributed by atoms with van der Waals surface area (Å²) in [6.07, 6.45) is 6.11. The van der Waals surface area contributed by atoms with Crippen molar-refractivity contribution in [2.24, 2.45) is 12.8 Å². The third-order valence-corrected chi connectivity index (χ3v) is 2.33. The van der Waals surface area contributed by atoms with Crippen LogP contribution in [0.4, 0.5) is 0 Å². The molecule has 0 aliphatic heterocycles. The first-order chi connectivity index (χ1) is 7.65. The van der Waals surface area contributed by atoms with Gasteiger partial charge < -0.3 is 5.73 Å². The first-order valence-electron chi connectivity index (χ1n) is 5.18. The van der Waals surface area contributed by atoms with E-state index in [2.05, 4.69) is 15.1 Å². The Bertz CT molecular complexity index is 459. The summed E-state index contributed by atoms with van der Waals surface area (Å²) in [7, 11) is 1.89. The van der Waals surface area contributed by atoms with Gasteiger partial charge in [-0.25, -0.2) is 9.97 Å². The van der Waals surface area contributed by atoms with Gasteiger partial charge in [-0.3, -0.25) is 4.68 Å². The second-order valence-corrected chi connectivity index (χ2v) is 3.91. The third kappa shape index (κ3) is 2.43. The van der Waals surface area contributed by atoms with Crippen molar-refractivity contribution in [3.63, 3.8) is 0 Å². The minimum Gasteiger partial charge on any atom is -0.321 e. The fourth-order valence-corrected chi connectivity index (χ4v) is 1.48. The van der Waals surface area contributed by atoms with Crippen LogP contribution in [0.2, 0.25) is 0 Å². The van der Waals surface area contributed by atoms with Gasteiger partial charge in [0.1, 0.15) is 5.82 Å². The Morgan fingerprint density at radius 2 is 2.06 bits per heavy atom. The summed E-state index contributed by atoms with van der Waals surface area (Å²) < 4.78 is 1.76. The first-order valence-corrected chi connectivity index (χ1v) is 5.18. The zero-order chi connectivity index (χ0) is 11.5. The quantitative estimate of drug-likeness (QED) is 0.824. The molecule has 1 unspecified atom stereocenters. The number of nitrogens with zero attached hydrogens (tertiary/aromatic N) is 4. The van der Waals surface area contributed by atoms with Crippen LogP contribution >= 0.6 is 0 Å². The molecule has 2 heterocycles. The van der Waals surface area contributed by atoms with Gasteiger partial charge in [0.25, 0.3) is 0 Å². The van der Waals surface area contributed by atoms with E-state index in [-0.39, 0.29) is 6.04 Å². The molecule has 2 N–H and O–H groups in total. The fraction of sp³-hybridized carbons (Fsp3) is 0.364. The molecule has 2 aromatic heterocycles. The molecule has 84 valence electrons. The van der Waals surface area contributed by atoms with Crippen LogP contribution in [0, 0.1) is 6.92 Å². The molecular weight excluding hydrogens is 202 g/mol. The molecule has 0 aromatic carbocycles. The van der Waals surface area contributed by atoms with E-state index in [0.717, 1.165) is 11.3 Å². The van der Waals surface area contributed by atoms with Crippen molar-refractivity contribution in [3.05, 3.63) is 41.7 Å². The predicted octanol–water partition coefficient (Wildman–Crippen LogP) is 0.761. The maximum Gasteiger partial charge on any atom is 0.145 e. The summed E-state index contributed by atoms with van der Waals surface area (Å²) in [5.74, 6) is 0.663. The van der Waals surface area contributed by atoms with Crippen LogP contribution in [0.15, 0.2) is 24.7 Å². The van der Waals surface area contributed by atoms with Crippen LogP contribution < -0.4 is 5.73 Å². The zero-order valence-corrected chi connectivity index (χ0v) is 9.46. The molecule has 2 aromatic rings. The van der Waals surface area contributed by atoms with E-state index >= 15 is 0 Å². The number of hydrogen-bond donors (Lipinski definition) is 1. The molecule has 0 radical (unpaired) electrons. The van der Waals surface area contributed by atoms with E-state index in [0.29, 0.717) is 12.2 Å². The molecule has 0 aliphatic carbocycles. The molecular formula is C11H15N5. The van der Waals surface area contributed by atoms with E-state index in [1.807, 2.05) is 26.2 Å². The van der Waals surface area contributed by atoms with Gasteiger partial charge in [0, 0.05) is 32.1 Å². The molecule has 1 atom stereocenters. The standard InChI is InChI=1S/C11H15N5/c1-8-6-13-11(14-7-8)10(12)5-9-3-4-16(2)15-9/h3-4,6-7,10H,5,12H2,1-2H3. The van der Waals surface area contributed by atoms with Crippen molar-refractivity contribution in [2.45, 2.75) is 19.4 Å². The summed E-state index contributed by atoms with van der Waals surface area (Å²) in [5.41, 5.74) is 8.01. The van der Waals surface area contributed by atoms with Gasteiger partial charge in [0.05, 0.1) is 11.7 Å². The molecule has 0 saturated heterocycles. The van der Waals surface area contributed by atoms with Crippen LogP contribution in [-0.2, 0) is 13.5 Å². The minimum atomic E-state index is -0.199. The van der Waals surface area contributed by atoms with Crippen molar-refractivity contribution >= 4 is 0 Å². The second kappa shape index (κ2) is 4.40. The van der Waals surface area contributed by atoms with Crippen molar-refractivity contribution < 1.29 is 0 Å². The minimum absolute atomic E-state index is 0.199. The highest BCUT2D eigenvalue weighted by Crippen LogP contribution is 2.10. The van der Waals surface area contributed by atoms with Crippen LogP contribution in [0.3, 0.4) is 0 Å². The molecule has 2 rings (SSSR count). The highest BCUT2D eigenvalue weighted by Gasteiger charge is 2.11. The molecule has 16 heavy (non-hydrogen) atoms. The Hall–Kier alpha value is -1.75. The summed E-state index contributed by atoms with van der Waals surface area (Å²) in [4.78, 5) is 8.42. The molecule has 0 bridgehead atoms. The van der Waals surface area contributed by atoms with Crippen LogP contribution in [0.1, 0.15) is 23.1 Å². The third-order valence-electron chi connectivity index (χ3n) is 2.33. The largest absolute Gasteiger partial charge is 0.321 e. The second-order valence-electron chi connectivity index (χ2n) is 3.91. The number of hydrogen-bond acceptors (Lipinski definition) is 4. The Labute approximate surface area is 94.3 Å². The number of aryl methyl sites for hydroxylation is 2. The van der Waals surface area contributed by atoms with Crippen molar-refractivity contribution in [1.29, 1.82) is 0 Å². The molecule has 0 saturated carbocycles. The van der Waals surface area contributed by atoms with Crippen LogP contribution in [-0.4, -0.2) is 19.7 Å². The molecule has 0 amide bonds. The van der Waals surface area contributed by atoms with Gasteiger partial charge in [-0.1, -0.05) is 0 Å². The zero-order valence-electron chi connectivity index (χ0n) is 9.46. The smallest absolute Gasteiger partial charge is 0.145 e. The normalized spacial score (nSPS) is 12.7. The molecule has 0 spiro atoms. The SMILES string of the molecule is Cc1cnc(C(N)Cc2ccn(C)n2)nc1. The van der Waals surface area contributed by atoms with Gasteiger partial charge in [-0.05, 0) is 18.6 Å². The Morgan fingerprint density at radius 1 is 1.38 bits per heavy atom. The maximum absolute atomic E-state index is 6.01. The van der Waals surface area contributed by atoms with E-state index < -0.39 is 0 Å². The highest BCUT2D eigenvalue weighted by atomic mass is 15.2. The monoisotopic (exact) mass is 217 g/mol. The van der Waals surface area contributed by atoms with Gasteiger partial charge >= 0.3 is 0 Å². The lowest BCUT2D eigenvalue weighted by Gasteiger charge is -2.07. The highest BCUT2D eigenvalue weighted by molar-refractivity contribution is 5.08. The molecule has 0 fully saturated rings. The van der Waals surface area contributed by atoms with Gasteiger partial charge in [-0.2, -0.15) is 5.10 Å². The number of aromatic nitrogens is 4. The van der Waals surface area contributed by atoms with Crippen LogP contribution in [0.25, 0.3) is 0 Å². The first kappa shape index (κ1) is 10.8. The van der Waals surface area contributed by atoms with E-state index in [1.165, 1.54) is 0 Å². The van der Waals surface area contributed by atoms with E-state index in [9.17, 15) is 0 Å². The van der Waals surface area contributed by atoms with Gasteiger partial charge in [0.2, 0.25) is 0 Å². The van der Waals surface area contributed by atoms with Crippen molar-refractivity contribution in [3.8, 4) is 0 Å². The lowest BCUT2D eigenvalue weighted by atomic mass is 10.1. The molecule has 5 heteroatoms. The summed E-state index contributed by atoms with van der Waals surface area (Å²) >= 11 is 0. The Morgan fingerprint density at radius 3 is 2.62 bits per heavy atom. The molecule has 0 aliphatic rings. The van der Waals surface area contributed by atoms with Gasteiger partial charge in [-0.15, -0.1) is 0 Å². The molecule has 5 nitrogen and oxygen atoms in total. The summed E-state index contributed by atoms with van der Waals surface area (Å²) in [6, 6.07) is 1.75. The summed E-state index contributed by atoms with van der Waals surface area (Å²) in [5, 5.41) is 4.27. The topological polar surface area (TPSA) is 69.6 Å². The fourth-order valence-electron chi connectivity index (χ4n) is 1.48. The lowest BCUT2D eigenvalue weighted by molar-refractivity contribution is 0.639. The number of rotatable bonds is 3. The lowest BCUT2D eigenvalue weighted by Crippen LogP contribution is -2.17. The Balaban J connectivity index is 2.08. The average Bonchev–Trinajstić information content (AvgIpc) is 2.65. The van der Waals surface area contributed by atoms with E-state index in [4.69, 9.17) is 5.73 Å².